The molecule has 1 N–H and O–H groups in total. The zero-order valence-electron chi connectivity index (χ0n) is 8.72. The van der Waals surface area contributed by atoms with Crippen LogP contribution in [0.2, 0.25) is 0 Å². The second-order valence-corrected chi connectivity index (χ2v) is 3.25. The fourth-order valence-electron chi connectivity index (χ4n) is 1.46. The van der Waals surface area contributed by atoms with Crippen LogP contribution in [0.1, 0.15) is 12.5 Å². The molecule has 0 aliphatic carbocycles. The summed E-state index contributed by atoms with van der Waals surface area (Å²) >= 11 is 0. The summed E-state index contributed by atoms with van der Waals surface area (Å²) in [6.45, 7) is 3.91. The van der Waals surface area contributed by atoms with Crippen LogP contribution in [0, 0.1) is 0 Å². The topological polar surface area (TPSA) is 42.7 Å². The van der Waals surface area contributed by atoms with Gasteiger partial charge in [0.2, 0.25) is 0 Å². The summed E-state index contributed by atoms with van der Waals surface area (Å²) in [5.74, 6) is 0. The Hall–Kier alpha value is -1.68. The second kappa shape index (κ2) is 4.70. The highest BCUT2D eigenvalue weighted by Gasteiger charge is 2.02. The third kappa shape index (κ3) is 2.22. The van der Waals surface area contributed by atoms with Gasteiger partial charge in [-0.1, -0.05) is 6.92 Å². The van der Waals surface area contributed by atoms with Crippen molar-refractivity contribution in [3.05, 3.63) is 42.7 Å². The number of hydrogen-bond acceptors (Lipinski definition) is 3. The Labute approximate surface area is 89.0 Å². The number of hydrogen-bond donors (Lipinski definition) is 1. The van der Waals surface area contributed by atoms with E-state index in [-0.39, 0.29) is 0 Å². The molecule has 0 saturated heterocycles. The maximum absolute atomic E-state index is 4.13. The van der Waals surface area contributed by atoms with Gasteiger partial charge < -0.3 is 9.88 Å². The molecule has 2 heterocycles. The first-order chi connectivity index (χ1) is 7.42. The first-order valence-electron chi connectivity index (χ1n) is 5.03. The van der Waals surface area contributed by atoms with Gasteiger partial charge in [0.05, 0.1) is 18.2 Å². The van der Waals surface area contributed by atoms with Crippen molar-refractivity contribution in [2.75, 3.05) is 6.54 Å². The second-order valence-electron chi connectivity index (χ2n) is 3.25. The van der Waals surface area contributed by atoms with Crippen molar-refractivity contribution in [3.63, 3.8) is 0 Å². The Kier molecular flexibility index (Phi) is 3.09. The van der Waals surface area contributed by atoms with Crippen LogP contribution in [-0.4, -0.2) is 21.1 Å². The maximum atomic E-state index is 4.13. The molecule has 4 nitrogen and oxygen atoms in total. The molecule has 0 saturated carbocycles. The Morgan fingerprint density at radius 2 is 2.27 bits per heavy atom. The third-order valence-electron chi connectivity index (χ3n) is 2.24. The molecule has 2 rings (SSSR count). The van der Waals surface area contributed by atoms with Crippen LogP contribution >= 0.6 is 0 Å². The predicted molar refractivity (Wildman–Crippen MR) is 58.7 cm³/mol. The van der Waals surface area contributed by atoms with E-state index in [4.69, 9.17) is 0 Å². The lowest BCUT2D eigenvalue weighted by Gasteiger charge is -2.09. The lowest BCUT2D eigenvalue weighted by atomic mass is 10.2. The minimum Gasteiger partial charge on any atom is -0.313 e. The van der Waals surface area contributed by atoms with Gasteiger partial charge in [-0.05, 0) is 18.2 Å². The largest absolute Gasteiger partial charge is 0.313 e. The van der Waals surface area contributed by atoms with E-state index < -0.39 is 0 Å². The molecule has 15 heavy (non-hydrogen) atoms. The molecule has 0 aliphatic heterocycles. The van der Waals surface area contributed by atoms with Crippen LogP contribution in [0.15, 0.2) is 37.2 Å². The molecule has 2 aromatic rings. The Bertz CT molecular complexity index is 408. The maximum Gasteiger partial charge on any atom is 0.0992 e. The summed E-state index contributed by atoms with van der Waals surface area (Å²) in [6, 6.07) is 2.03. The summed E-state index contributed by atoms with van der Waals surface area (Å²) in [6.07, 6.45) is 9.14. The average Bonchev–Trinajstić information content (AvgIpc) is 2.80. The number of nitrogens with zero attached hydrogens (tertiary/aromatic N) is 3. The molecule has 2 aromatic heterocycles. The Balaban J connectivity index is 2.30. The molecular formula is C11H14N4. The van der Waals surface area contributed by atoms with Gasteiger partial charge in [0.25, 0.3) is 0 Å². The van der Waals surface area contributed by atoms with Gasteiger partial charge in [-0.15, -0.1) is 0 Å². The normalized spacial score (nSPS) is 10.5. The van der Waals surface area contributed by atoms with Crippen molar-refractivity contribution in [2.24, 2.45) is 0 Å². The molecule has 0 radical (unpaired) electrons. The van der Waals surface area contributed by atoms with Crippen LogP contribution < -0.4 is 5.32 Å². The summed E-state index contributed by atoms with van der Waals surface area (Å²) in [7, 11) is 0. The standard InChI is InChI=1S/C11H14N4/c1-2-12-7-10-3-4-13-8-11(10)15-6-5-14-9-15/h3-6,8-9,12H,2,7H2,1H3. The SMILES string of the molecule is CCNCc1ccncc1-n1ccnc1. The first kappa shape index (κ1) is 9.86. The van der Waals surface area contributed by atoms with Crippen LogP contribution in [0.25, 0.3) is 5.69 Å². The van der Waals surface area contributed by atoms with Crippen molar-refractivity contribution in [1.29, 1.82) is 0 Å². The van der Waals surface area contributed by atoms with E-state index in [2.05, 4.69) is 22.2 Å². The van der Waals surface area contributed by atoms with Crippen molar-refractivity contribution in [3.8, 4) is 5.69 Å². The summed E-state index contributed by atoms with van der Waals surface area (Å²) < 4.78 is 1.97. The van der Waals surface area contributed by atoms with Gasteiger partial charge in [0, 0.05) is 25.1 Å². The molecule has 0 bridgehead atoms. The van der Waals surface area contributed by atoms with E-state index in [1.54, 1.807) is 12.5 Å². The zero-order chi connectivity index (χ0) is 10.5. The quantitative estimate of drug-likeness (QED) is 0.814. The van der Waals surface area contributed by atoms with E-state index >= 15 is 0 Å². The molecule has 4 heteroatoms. The first-order valence-corrected chi connectivity index (χ1v) is 5.03. The summed E-state index contributed by atoms with van der Waals surface area (Å²) in [5, 5.41) is 3.31. The molecule has 0 atom stereocenters. The minimum absolute atomic E-state index is 0.854. The van der Waals surface area contributed by atoms with Gasteiger partial charge in [-0.25, -0.2) is 4.98 Å². The predicted octanol–water partition coefficient (Wildman–Crippen LogP) is 1.38. The minimum atomic E-state index is 0.854. The highest BCUT2D eigenvalue weighted by Crippen LogP contribution is 2.11. The highest BCUT2D eigenvalue weighted by atomic mass is 15.0. The van der Waals surface area contributed by atoms with Crippen LogP contribution in [0.5, 0.6) is 0 Å². The van der Waals surface area contributed by atoms with Crippen LogP contribution in [0.3, 0.4) is 0 Å². The van der Waals surface area contributed by atoms with Crippen LogP contribution in [0.4, 0.5) is 0 Å². The summed E-state index contributed by atoms with van der Waals surface area (Å²) in [4.78, 5) is 8.17. The molecule has 78 valence electrons. The fourth-order valence-corrected chi connectivity index (χ4v) is 1.46. The third-order valence-corrected chi connectivity index (χ3v) is 2.24. The number of imidazole rings is 1. The average molecular weight is 202 g/mol. The molecule has 0 aliphatic rings. The number of aromatic nitrogens is 3. The van der Waals surface area contributed by atoms with Gasteiger partial charge in [-0.3, -0.25) is 4.98 Å². The smallest absolute Gasteiger partial charge is 0.0992 e. The van der Waals surface area contributed by atoms with Crippen molar-refractivity contribution in [2.45, 2.75) is 13.5 Å². The number of nitrogens with one attached hydrogen (secondary N) is 1. The fraction of sp³-hybridized carbons (Fsp3) is 0.273. The van der Waals surface area contributed by atoms with E-state index in [1.165, 1.54) is 5.56 Å². The number of rotatable bonds is 4. The molecule has 0 spiro atoms. The van der Waals surface area contributed by atoms with Crippen LogP contribution in [-0.2, 0) is 6.54 Å². The highest BCUT2D eigenvalue weighted by molar-refractivity contribution is 5.37. The van der Waals surface area contributed by atoms with Crippen molar-refractivity contribution >= 4 is 0 Å². The molecule has 0 amide bonds. The Morgan fingerprint density at radius 3 is 3.00 bits per heavy atom. The van der Waals surface area contributed by atoms with Gasteiger partial charge in [0.15, 0.2) is 0 Å². The summed E-state index contributed by atoms with van der Waals surface area (Å²) in [5.41, 5.74) is 2.31. The van der Waals surface area contributed by atoms with E-state index in [0.29, 0.717) is 0 Å². The molecular weight excluding hydrogens is 188 g/mol. The van der Waals surface area contributed by atoms with Crippen molar-refractivity contribution in [1.82, 2.24) is 19.9 Å². The van der Waals surface area contributed by atoms with Gasteiger partial charge in [-0.2, -0.15) is 0 Å². The lowest BCUT2D eigenvalue weighted by Crippen LogP contribution is -2.13. The number of pyridine rings is 1. The van der Waals surface area contributed by atoms with E-state index in [0.717, 1.165) is 18.8 Å². The molecule has 0 fully saturated rings. The van der Waals surface area contributed by atoms with Gasteiger partial charge in [0.1, 0.15) is 0 Å². The molecule has 0 unspecified atom stereocenters. The van der Waals surface area contributed by atoms with Gasteiger partial charge >= 0.3 is 0 Å². The zero-order valence-corrected chi connectivity index (χ0v) is 8.72. The lowest BCUT2D eigenvalue weighted by molar-refractivity contribution is 0.721. The van der Waals surface area contributed by atoms with Crippen molar-refractivity contribution < 1.29 is 0 Å². The molecule has 0 aromatic carbocycles. The monoisotopic (exact) mass is 202 g/mol. The van der Waals surface area contributed by atoms with E-state index in [1.807, 2.05) is 29.2 Å². The van der Waals surface area contributed by atoms with E-state index in [9.17, 15) is 0 Å². The Morgan fingerprint density at radius 1 is 1.33 bits per heavy atom.